The van der Waals surface area contributed by atoms with Crippen LogP contribution in [-0.4, -0.2) is 45.1 Å². The van der Waals surface area contributed by atoms with Crippen LogP contribution >= 0.6 is 11.6 Å². The lowest BCUT2D eigenvalue weighted by Gasteiger charge is -2.14. The zero-order valence-corrected chi connectivity index (χ0v) is 23.1. The van der Waals surface area contributed by atoms with Crippen LogP contribution in [0.4, 0.5) is 0 Å². The zero-order chi connectivity index (χ0) is 27.3. The highest BCUT2D eigenvalue weighted by Crippen LogP contribution is 2.31. The molecule has 0 aliphatic heterocycles. The van der Waals surface area contributed by atoms with Gasteiger partial charge in [-0.2, -0.15) is 8.42 Å². The lowest BCUT2D eigenvalue weighted by molar-refractivity contribution is -0.136. The second-order valence-electron chi connectivity index (χ2n) is 8.22. The predicted octanol–water partition coefficient (Wildman–Crippen LogP) is 6.11. The molecule has 2 aromatic rings. The summed E-state index contributed by atoms with van der Waals surface area (Å²) in [6, 6.07) is 10.1. The minimum atomic E-state index is -3.69. The Morgan fingerprint density at radius 1 is 0.946 bits per heavy atom. The molecule has 37 heavy (non-hydrogen) atoms. The Morgan fingerprint density at radius 3 is 2.30 bits per heavy atom. The van der Waals surface area contributed by atoms with Crippen molar-refractivity contribution in [2.45, 2.75) is 52.9 Å². The van der Waals surface area contributed by atoms with E-state index in [2.05, 4.69) is 6.92 Å². The molecule has 0 aromatic heterocycles. The Labute approximate surface area is 224 Å². The molecule has 10 heteroatoms. The van der Waals surface area contributed by atoms with E-state index in [1.54, 1.807) is 43.3 Å². The Balaban J connectivity index is 2.10. The molecule has 0 aliphatic carbocycles. The third-order valence-electron chi connectivity index (χ3n) is 5.14. The van der Waals surface area contributed by atoms with Gasteiger partial charge in [-0.15, -0.1) is 0 Å². The number of hydrogen-bond acceptors (Lipinski definition) is 7. The predicted molar refractivity (Wildman–Crippen MR) is 144 cm³/mol. The minimum Gasteiger partial charge on any atom is -0.490 e. The van der Waals surface area contributed by atoms with Gasteiger partial charge in [-0.05, 0) is 61.2 Å². The highest BCUT2D eigenvalue weighted by atomic mass is 35.5. The summed E-state index contributed by atoms with van der Waals surface area (Å²) in [6.45, 7) is 6.73. The maximum Gasteiger partial charge on any atom is 0.371 e. The molecular formula is C27H35ClO8S. The molecular weight excluding hydrogens is 520 g/mol. The molecule has 1 N–H and O–H groups in total. The maximum atomic E-state index is 12.0. The number of halogens is 1. The molecule has 2 rings (SSSR count). The third kappa shape index (κ3) is 10.5. The Kier molecular flexibility index (Phi) is 12.6. The van der Waals surface area contributed by atoms with E-state index in [0.29, 0.717) is 43.1 Å². The average molecular weight is 555 g/mol. The number of carbonyl (C=O) groups is 1. The van der Waals surface area contributed by atoms with Gasteiger partial charge in [0, 0.05) is 6.42 Å². The van der Waals surface area contributed by atoms with Crippen molar-refractivity contribution < 1.29 is 36.7 Å². The fourth-order valence-electron chi connectivity index (χ4n) is 3.19. The summed E-state index contributed by atoms with van der Waals surface area (Å²) in [6.07, 6.45) is 5.03. The van der Waals surface area contributed by atoms with Gasteiger partial charge in [0.15, 0.2) is 17.2 Å². The summed E-state index contributed by atoms with van der Waals surface area (Å²) in [5.41, 5.74) is 1.46. The van der Waals surface area contributed by atoms with Gasteiger partial charge in [0.2, 0.25) is 5.76 Å². The average Bonchev–Trinajstić information content (AvgIpc) is 2.85. The summed E-state index contributed by atoms with van der Waals surface area (Å²) in [5, 5.41) is 9.53. The van der Waals surface area contributed by atoms with Crippen LogP contribution in [0.15, 0.2) is 42.2 Å². The van der Waals surface area contributed by atoms with Crippen LogP contribution in [-0.2, 0) is 26.1 Å². The van der Waals surface area contributed by atoms with Crippen molar-refractivity contribution in [1.82, 2.24) is 0 Å². The lowest BCUT2D eigenvalue weighted by Crippen LogP contribution is -2.14. The molecule has 0 amide bonds. The molecule has 8 nitrogen and oxygen atoms in total. The number of carboxylic acids is 1. The van der Waals surface area contributed by atoms with Crippen LogP contribution < -0.4 is 13.7 Å². The number of unbranched alkanes of at least 4 members (excludes halogenated alkanes) is 2. The quantitative estimate of drug-likeness (QED) is 0.108. The molecule has 0 radical (unpaired) electrons. The van der Waals surface area contributed by atoms with Crippen molar-refractivity contribution in [1.29, 1.82) is 0 Å². The van der Waals surface area contributed by atoms with Crippen molar-refractivity contribution in [2.24, 2.45) is 0 Å². The van der Waals surface area contributed by atoms with E-state index >= 15 is 0 Å². The summed E-state index contributed by atoms with van der Waals surface area (Å²) in [7, 11) is -3.69. The van der Waals surface area contributed by atoms with E-state index in [1.165, 1.54) is 6.08 Å². The topological polar surface area (TPSA) is 108 Å². The monoisotopic (exact) mass is 554 g/mol. The highest BCUT2D eigenvalue weighted by molar-refractivity contribution is 7.87. The van der Waals surface area contributed by atoms with E-state index in [4.69, 9.17) is 30.0 Å². The van der Waals surface area contributed by atoms with Gasteiger partial charge in [0.25, 0.3) is 0 Å². The van der Waals surface area contributed by atoms with Crippen LogP contribution in [0.5, 0.6) is 17.2 Å². The number of ether oxygens (including phenoxy) is 3. The van der Waals surface area contributed by atoms with Crippen molar-refractivity contribution >= 4 is 33.8 Å². The first-order chi connectivity index (χ1) is 17.7. The molecule has 0 saturated heterocycles. The van der Waals surface area contributed by atoms with Gasteiger partial charge in [0.05, 0.1) is 30.6 Å². The van der Waals surface area contributed by atoms with Gasteiger partial charge in [-0.3, -0.25) is 0 Å². The second-order valence-corrected chi connectivity index (χ2v) is 10.3. The Bertz CT molecular complexity index is 1160. The molecule has 0 atom stereocenters. The first-order valence-electron chi connectivity index (χ1n) is 12.4. The third-order valence-corrected chi connectivity index (χ3v) is 6.66. The number of hydrogen-bond donors (Lipinski definition) is 1. The summed E-state index contributed by atoms with van der Waals surface area (Å²) in [5.74, 6) is -0.236. The van der Waals surface area contributed by atoms with Crippen molar-refractivity contribution in [3.05, 3.63) is 58.3 Å². The second kappa shape index (κ2) is 15.4. The van der Waals surface area contributed by atoms with Gasteiger partial charge < -0.3 is 23.5 Å². The van der Waals surface area contributed by atoms with Crippen LogP contribution in [0.2, 0.25) is 5.02 Å². The van der Waals surface area contributed by atoms with Crippen LogP contribution in [0.1, 0.15) is 57.6 Å². The van der Waals surface area contributed by atoms with Gasteiger partial charge in [0.1, 0.15) is 0 Å². The number of benzene rings is 2. The summed E-state index contributed by atoms with van der Waals surface area (Å²) in [4.78, 5) is 11.4. The molecule has 204 valence electrons. The largest absolute Gasteiger partial charge is 0.490 e. The number of rotatable bonds is 17. The Morgan fingerprint density at radius 2 is 1.65 bits per heavy atom. The van der Waals surface area contributed by atoms with E-state index in [-0.39, 0.29) is 28.9 Å². The van der Waals surface area contributed by atoms with Crippen LogP contribution in [0, 0.1) is 0 Å². The minimum absolute atomic E-state index is 0.0596. The molecule has 2 aromatic carbocycles. The van der Waals surface area contributed by atoms with E-state index in [1.807, 2.05) is 6.92 Å². The van der Waals surface area contributed by atoms with Crippen LogP contribution in [0.25, 0.3) is 6.08 Å². The van der Waals surface area contributed by atoms with Crippen molar-refractivity contribution in [3.8, 4) is 17.2 Å². The molecule has 0 spiro atoms. The van der Waals surface area contributed by atoms with Crippen LogP contribution in [0.3, 0.4) is 0 Å². The van der Waals surface area contributed by atoms with E-state index in [9.17, 15) is 18.3 Å². The van der Waals surface area contributed by atoms with E-state index < -0.39 is 16.1 Å². The SMILES string of the molecule is CCCCOc1cc(C=C(OCC)C(=O)O)ccc1OCCc1ccc(OS(=O)(=O)CCCC)c(Cl)c1. The zero-order valence-electron chi connectivity index (χ0n) is 21.5. The van der Waals surface area contributed by atoms with E-state index in [0.717, 1.165) is 24.8 Å². The lowest BCUT2D eigenvalue weighted by atomic mass is 10.1. The fourth-order valence-corrected chi connectivity index (χ4v) is 4.62. The van der Waals surface area contributed by atoms with Gasteiger partial charge in [-0.1, -0.05) is 50.4 Å². The first-order valence-corrected chi connectivity index (χ1v) is 14.3. The van der Waals surface area contributed by atoms with Crippen molar-refractivity contribution in [3.63, 3.8) is 0 Å². The molecule has 0 heterocycles. The molecule has 0 bridgehead atoms. The molecule has 0 aliphatic rings. The molecule has 0 unspecified atom stereocenters. The normalized spacial score (nSPS) is 11.7. The van der Waals surface area contributed by atoms with Gasteiger partial charge >= 0.3 is 16.1 Å². The number of carboxylic acid groups (broad SMARTS) is 1. The highest BCUT2D eigenvalue weighted by Gasteiger charge is 2.15. The molecule has 0 fully saturated rings. The smallest absolute Gasteiger partial charge is 0.371 e. The van der Waals surface area contributed by atoms with Crippen molar-refractivity contribution in [2.75, 3.05) is 25.6 Å². The fraction of sp³-hybridized carbons (Fsp3) is 0.444. The Hall–Kier alpha value is -2.91. The van der Waals surface area contributed by atoms with Gasteiger partial charge in [-0.25, -0.2) is 4.79 Å². The standard InChI is InChI=1S/C27H35ClO8S/c1-4-7-14-34-25-18-21(19-26(27(29)30)33-6-3)10-12-24(25)35-15-13-20-9-11-23(22(28)17-20)36-37(31,32)16-8-5-2/h9-12,17-19H,4-8,13-16H2,1-3H3,(H,29,30). The summed E-state index contributed by atoms with van der Waals surface area (Å²) >= 11 is 6.26. The molecule has 0 saturated carbocycles. The first kappa shape index (κ1) is 30.3. The summed E-state index contributed by atoms with van der Waals surface area (Å²) < 4.78 is 46.3. The number of aliphatic carboxylic acids is 1. The maximum absolute atomic E-state index is 12.0.